The Hall–Kier alpha value is -5.93. The average molecular weight is 613 g/mol. The number of rotatable bonds is 9. The number of nitrogens with zero attached hydrogens (tertiary/aromatic N) is 2. The van der Waals surface area contributed by atoms with Gasteiger partial charge in [-0.3, -0.25) is 4.79 Å². The Bertz CT molecular complexity index is 2160. The van der Waals surface area contributed by atoms with Crippen molar-refractivity contribution in [3.8, 4) is 11.4 Å². The van der Waals surface area contributed by atoms with Crippen LogP contribution in [0, 0.1) is 0 Å². The fraction of sp³-hybridized carbons (Fsp3) is 0.0682. The number of aromatic nitrogens is 2. The Morgan fingerprint density at radius 1 is 0.702 bits per heavy atom. The van der Waals surface area contributed by atoms with E-state index < -0.39 is 0 Å². The van der Waals surface area contributed by atoms with Gasteiger partial charge in [-0.25, -0.2) is 0 Å². The third-order valence-electron chi connectivity index (χ3n) is 8.16. The smallest absolute Gasteiger partial charge is 0.167 e. The summed E-state index contributed by atoms with van der Waals surface area (Å²) in [5.74, 6) is 0. The second-order valence-corrected chi connectivity index (χ2v) is 11.2. The number of fused-ring (bicyclic) bond motifs is 3. The molecule has 0 saturated heterocycles. The summed E-state index contributed by atoms with van der Waals surface area (Å²) < 4.78 is 4.25. The van der Waals surface area contributed by atoms with E-state index >= 15 is 0 Å². The van der Waals surface area contributed by atoms with Gasteiger partial charge in [0.05, 0.1) is 16.7 Å². The standard InChI is InChI=1S/C41H34N2O.C3H6/c1-5-13-29(3)31-20-23-34(24-21-31)42-27-33(36(6-2)41(42)28-44)15-12-14-30(4)32-22-25-40-38(26-32)37-18-10-11-19-39(37)43(40)35-16-8-7-9-17-35;1-3-2/h5-28H,1-2H2,3-4H3;3H,1H2,2H3/b15-12-,29-13+,30-14+;. The van der Waals surface area contributed by atoms with Crippen LogP contribution in [-0.4, -0.2) is 15.4 Å². The zero-order chi connectivity index (χ0) is 33.3. The molecule has 232 valence electrons. The van der Waals surface area contributed by atoms with E-state index in [4.69, 9.17) is 0 Å². The van der Waals surface area contributed by atoms with E-state index in [1.807, 2.05) is 54.1 Å². The maximum atomic E-state index is 12.2. The topological polar surface area (TPSA) is 26.9 Å². The SMILES string of the molecule is C=C/C=C(\C)c1ccc(-n2cc(/C=C\C=C(/C)c3ccc4c(c3)c3ccccc3n4-c3ccccc3)c(C=C)c2C=O)cc1.C=CC. The van der Waals surface area contributed by atoms with Gasteiger partial charge in [0.15, 0.2) is 6.29 Å². The van der Waals surface area contributed by atoms with Gasteiger partial charge in [-0.2, -0.15) is 0 Å². The fourth-order valence-electron chi connectivity index (χ4n) is 5.87. The lowest BCUT2D eigenvalue weighted by molar-refractivity contribution is 0.111. The number of hydrogen-bond acceptors (Lipinski definition) is 1. The molecule has 2 aromatic heterocycles. The normalized spacial score (nSPS) is 11.8. The van der Waals surface area contributed by atoms with Gasteiger partial charge in [-0.1, -0.05) is 110 Å². The first-order chi connectivity index (χ1) is 22.9. The molecule has 0 aliphatic carbocycles. The molecule has 47 heavy (non-hydrogen) atoms. The van der Waals surface area contributed by atoms with Gasteiger partial charge in [0.1, 0.15) is 0 Å². The van der Waals surface area contributed by atoms with Crippen LogP contribution in [0.5, 0.6) is 0 Å². The summed E-state index contributed by atoms with van der Waals surface area (Å²) in [6.07, 6.45) is 16.4. The molecule has 0 amide bonds. The number of benzene rings is 4. The number of allylic oxidation sites excluding steroid dienone is 7. The first-order valence-electron chi connectivity index (χ1n) is 15.7. The Kier molecular flexibility index (Phi) is 10.3. The zero-order valence-electron chi connectivity index (χ0n) is 27.4. The molecule has 4 aromatic carbocycles. The second kappa shape index (κ2) is 14.9. The fourth-order valence-corrected chi connectivity index (χ4v) is 5.87. The number of carbonyl (C=O) groups is 1. The summed E-state index contributed by atoms with van der Waals surface area (Å²) in [6, 6.07) is 33.9. The summed E-state index contributed by atoms with van der Waals surface area (Å²) in [4.78, 5) is 12.2. The summed E-state index contributed by atoms with van der Waals surface area (Å²) >= 11 is 0. The monoisotopic (exact) mass is 612 g/mol. The number of aldehydes is 1. The minimum atomic E-state index is 0.576. The van der Waals surface area contributed by atoms with E-state index in [0.717, 1.165) is 51.1 Å². The molecule has 0 fully saturated rings. The van der Waals surface area contributed by atoms with Crippen LogP contribution in [-0.2, 0) is 0 Å². The van der Waals surface area contributed by atoms with Crippen molar-refractivity contribution >= 4 is 51.4 Å². The summed E-state index contributed by atoms with van der Waals surface area (Å²) in [6.45, 7) is 17.2. The quantitative estimate of drug-likeness (QED) is 0.0906. The molecule has 0 N–H and O–H groups in total. The minimum Gasteiger partial charge on any atom is -0.313 e. The van der Waals surface area contributed by atoms with Crippen molar-refractivity contribution in [3.63, 3.8) is 0 Å². The average Bonchev–Trinajstić information content (AvgIpc) is 3.64. The Labute approximate surface area is 278 Å². The molecule has 0 aliphatic rings. The third kappa shape index (κ3) is 6.70. The maximum absolute atomic E-state index is 12.2. The molecule has 3 nitrogen and oxygen atoms in total. The molecule has 0 bridgehead atoms. The van der Waals surface area contributed by atoms with Crippen LogP contribution >= 0.6 is 0 Å². The number of hydrogen-bond donors (Lipinski definition) is 0. The highest BCUT2D eigenvalue weighted by atomic mass is 16.1. The van der Waals surface area contributed by atoms with Crippen LogP contribution < -0.4 is 0 Å². The molecule has 6 aromatic rings. The van der Waals surface area contributed by atoms with E-state index in [9.17, 15) is 4.79 Å². The second-order valence-electron chi connectivity index (χ2n) is 11.2. The Morgan fingerprint density at radius 3 is 2.02 bits per heavy atom. The summed E-state index contributed by atoms with van der Waals surface area (Å²) in [5.41, 5.74) is 11.3. The van der Waals surface area contributed by atoms with Crippen molar-refractivity contribution < 1.29 is 4.79 Å². The van der Waals surface area contributed by atoms with Gasteiger partial charge < -0.3 is 9.13 Å². The molecule has 2 heterocycles. The van der Waals surface area contributed by atoms with E-state index in [0.29, 0.717) is 5.69 Å². The molecule has 0 saturated carbocycles. The minimum absolute atomic E-state index is 0.576. The van der Waals surface area contributed by atoms with Crippen molar-refractivity contribution in [3.05, 3.63) is 181 Å². The van der Waals surface area contributed by atoms with Gasteiger partial charge in [0.25, 0.3) is 0 Å². The Balaban J connectivity index is 0.00000139. The number of carbonyl (C=O) groups excluding carboxylic acids is 1. The first-order valence-corrected chi connectivity index (χ1v) is 15.7. The van der Waals surface area contributed by atoms with Crippen LogP contribution in [0.1, 0.15) is 53.5 Å². The molecule has 0 atom stereocenters. The first kappa shape index (κ1) is 32.5. The molecule has 0 unspecified atom stereocenters. The highest BCUT2D eigenvalue weighted by Crippen LogP contribution is 2.34. The van der Waals surface area contributed by atoms with Crippen LogP contribution in [0.25, 0.3) is 56.5 Å². The van der Waals surface area contributed by atoms with Crippen molar-refractivity contribution in [2.75, 3.05) is 0 Å². The summed E-state index contributed by atoms with van der Waals surface area (Å²) in [7, 11) is 0. The molecular formula is C44H40N2O. The Morgan fingerprint density at radius 2 is 1.34 bits per heavy atom. The van der Waals surface area contributed by atoms with Crippen LogP contribution in [0.2, 0.25) is 0 Å². The van der Waals surface area contributed by atoms with Gasteiger partial charge in [0.2, 0.25) is 0 Å². The highest BCUT2D eigenvalue weighted by molar-refractivity contribution is 6.10. The van der Waals surface area contributed by atoms with Gasteiger partial charge in [-0.05, 0) is 85.5 Å². The van der Waals surface area contributed by atoms with Crippen LogP contribution in [0.15, 0.2) is 153 Å². The van der Waals surface area contributed by atoms with Crippen molar-refractivity contribution in [1.82, 2.24) is 9.13 Å². The molecule has 0 aliphatic heterocycles. The molecular weight excluding hydrogens is 572 g/mol. The van der Waals surface area contributed by atoms with E-state index in [1.54, 1.807) is 18.2 Å². The largest absolute Gasteiger partial charge is 0.313 e. The lowest BCUT2D eigenvalue weighted by atomic mass is 10.0. The third-order valence-corrected chi connectivity index (χ3v) is 8.16. The predicted molar refractivity (Wildman–Crippen MR) is 204 cm³/mol. The van der Waals surface area contributed by atoms with Crippen LogP contribution in [0.4, 0.5) is 0 Å². The summed E-state index contributed by atoms with van der Waals surface area (Å²) in [5, 5.41) is 2.45. The van der Waals surface area contributed by atoms with Gasteiger partial charge in [-0.15, -0.1) is 6.58 Å². The van der Waals surface area contributed by atoms with Crippen molar-refractivity contribution in [1.29, 1.82) is 0 Å². The molecule has 3 heteroatoms. The lowest BCUT2D eigenvalue weighted by Gasteiger charge is -2.08. The van der Waals surface area contributed by atoms with Crippen molar-refractivity contribution in [2.24, 2.45) is 0 Å². The zero-order valence-corrected chi connectivity index (χ0v) is 27.4. The van der Waals surface area contributed by atoms with E-state index in [1.165, 1.54) is 21.8 Å². The van der Waals surface area contributed by atoms with E-state index in [2.05, 4.69) is 123 Å². The van der Waals surface area contributed by atoms with Gasteiger partial charge >= 0.3 is 0 Å². The molecule has 0 radical (unpaired) electrons. The van der Waals surface area contributed by atoms with Gasteiger partial charge in [0, 0.05) is 39.5 Å². The molecule has 6 rings (SSSR count). The predicted octanol–water partition coefficient (Wildman–Crippen LogP) is 11.9. The molecule has 0 spiro atoms. The van der Waals surface area contributed by atoms with Crippen molar-refractivity contribution in [2.45, 2.75) is 20.8 Å². The highest BCUT2D eigenvalue weighted by Gasteiger charge is 2.14. The number of para-hydroxylation sites is 2. The maximum Gasteiger partial charge on any atom is 0.167 e. The lowest BCUT2D eigenvalue weighted by Crippen LogP contribution is -1.98. The van der Waals surface area contributed by atoms with Crippen LogP contribution in [0.3, 0.4) is 0 Å². The van der Waals surface area contributed by atoms with E-state index in [-0.39, 0.29) is 0 Å².